The standard InChI is InChI=1S/C16H23N/c1-13(2)16-12-17(10-9-14(16)3)11-15-7-5-4-6-8-15/h4-5,7,16H,1,3,6,8-12H2,2H3. The molecule has 1 unspecified atom stereocenters. The van der Waals surface area contributed by atoms with Gasteiger partial charge < -0.3 is 0 Å². The molecule has 1 atom stereocenters. The molecule has 1 fully saturated rings. The van der Waals surface area contributed by atoms with Gasteiger partial charge in [-0.1, -0.05) is 48.1 Å². The first-order valence-electron chi connectivity index (χ1n) is 6.57. The van der Waals surface area contributed by atoms with Gasteiger partial charge in [-0.25, -0.2) is 0 Å². The lowest BCUT2D eigenvalue weighted by molar-refractivity contribution is 0.243. The van der Waals surface area contributed by atoms with E-state index in [2.05, 4.69) is 43.2 Å². The van der Waals surface area contributed by atoms with Crippen molar-refractivity contribution in [2.45, 2.75) is 26.2 Å². The fourth-order valence-corrected chi connectivity index (χ4v) is 2.67. The Morgan fingerprint density at radius 3 is 2.94 bits per heavy atom. The molecule has 0 spiro atoms. The predicted octanol–water partition coefficient (Wildman–Crippen LogP) is 3.72. The van der Waals surface area contributed by atoms with Gasteiger partial charge in [0.15, 0.2) is 0 Å². The van der Waals surface area contributed by atoms with Crippen molar-refractivity contribution in [3.8, 4) is 0 Å². The zero-order valence-corrected chi connectivity index (χ0v) is 10.9. The third-order valence-electron chi connectivity index (χ3n) is 3.80. The smallest absolute Gasteiger partial charge is 0.0196 e. The lowest BCUT2D eigenvalue weighted by Gasteiger charge is -2.35. The Kier molecular flexibility index (Phi) is 4.01. The first-order chi connectivity index (χ1) is 8.16. The van der Waals surface area contributed by atoms with Crippen LogP contribution in [0.1, 0.15) is 26.2 Å². The molecule has 17 heavy (non-hydrogen) atoms. The highest BCUT2D eigenvalue weighted by atomic mass is 15.1. The van der Waals surface area contributed by atoms with Crippen molar-refractivity contribution in [2.75, 3.05) is 19.6 Å². The average molecular weight is 229 g/mol. The van der Waals surface area contributed by atoms with Gasteiger partial charge in [-0.15, -0.1) is 0 Å². The molecule has 0 aromatic carbocycles. The van der Waals surface area contributed by atoms with Crippen LogP contribution in [0.2, 0.25) is 0 Å². The second-order valence-electron chi connectivity index (χ2n) is 5.33. The Bertz CT molecular complexity index is 373. The predicted molar refractivity (Wildman–Crippen MR) is 75.0 cm³/mol. The average Bonchev–Trinajstić information content (AvgIpc) is 2.32. The van der Waals surface area contributed by atoms with E-state index in [1.54, 1.807) is 5.57 Å². The van der Waals surface area contributed by atoms with Crippen LogP contribution in [0.25, 0.3) is 0 Å². The van der Waals surface area contributed by atoms with E-state index in [1.165, 1.54) is 24.0 Å². The fourth-order valence-electron chi connectivity index (χ4n) is 2.67. The molecular formula is C16H23N. The monoisotopic (exact) mass is 229 g/mol. The Hall–Kier alpha value is -1.08. The van der Waals surface area contributed by atoms with Crippen LogP contribution >= 0.6 is 0 Å². The van der Waals surface area contributed by atoms with E-state index in [9.17, 15) is 0 Å². The summed E-state index contributed by atoms with van der Waals surface area (Å²) in [6.45, 7) is 13.8. The van der Waals surface area contributed by atoms with Crippen molar-refractivity contribution in [2.24, 2.45) is 5.92 Å². The Morgan fingerprint density at radius 2 is 2.29 bits per heavy atom. The summed E-state index contributed by atoms with van der Waals surface area (Å²) in [5.74, 6) is 0.503. The van der Waals surface area contributed by atoms with Crippen LogP contribution in [-0.4, -0.2) is 24.5 Å². The molecule has 1 nitrogen and oxygen atoms in total. The number of nitrogens with zero attached hydrogens (tertiary/aromatic N) is 1. The van der Waals surface area contributed by atoms with Gasteiger partial charge in [-0.3, -0.25) is 4.90 Å². The number of allylic oxidation sites excluding steroid dienone is 3. The van der Waals surface area contributed by atoms with Crippen molar-refractivity contribution in [3.05, 3.63) is 48.1 Å². The highest BCUT2D eigenvalue weighted by molar-refractivity contribution is 5.21. The number of piperidine rings is 1. The molecule has 92 valence electrons. The molecule has 0 amide bonds. The molecule has 1 heterocycles. The van der Waals surface area contributed by atoms with Gasteiger partial charge in [0.2, 0.25) is 0 Å². The van der Waals surface area contributed by atoms with Gasteiger partial charge >= 0.3 is 0 Å². The van der Waals surface area contributed by atoms with Crippen molar-refractivity contribution >= 4 is 0 Å². The van der Waals surface area contributed by atoms with Crippen LogP contribution < -0.4 is 0 Å². The lowest BCUT2D eigenvalue weighted by Crippen LogP contribution is -2.38. The summed E-state index contributed by atoms with van der Waals surface area (Å²) < 4.78 is 0. The molecule has 2 rings (SSSR count). The molecule has 2 aliphatic rings. The third-order valence-corrected chi connectivity index (χ3v) is 3.80. The zero-order chi connectivity index (χ0) is 12.3. The molecule has 1 aliphatic carbocycles. The Morgan fingerprint density at radius 1 is 1.47 bits per heavy atom. The topological polar surface area (TPSA) is 3.24 Å². The molecule has 1 saturated heterocycles. The van der Waals surface area contributed by atoms with E-state index in [1.807, 2.05) is 0 Å². The van der Waals surface area contributed by atoms with Crippen LogP contribution in [0.3, 0.4) is 0 Å². The normalized spacial score (nSPS) is 25.8. The maximum absolute atomic E-state index is 4.18. The highest BCUT2D eigenvalue weighted by Gasteiger charge is 2.23. The maximum atomic E-state index is 4.18. The molecular weight excluding hydrogens is 206 g/mol. The fraction of sp³-hybridized carbons (Fsp3) is 0.500. The summed E-state index contributed by atoms with van der Waals surface area (Å²) >= 11 is 0. The van der Waals surface area contributed by atoms with Crippen LogP contribution in [0, 0.1) is 5.92 Å². The molecule has 0 aromatic heterocycles. The number of likely N-dealkylation sites (tertiary alicyclic amines) is 1. The summed E-state index contributed by atoms with van der Waals surface area (Å²) in [6, 6.07) is 0. The molecule has 0 bridgehead atoms. The van der Waals surface area contributed by atoms with Gasteiger partial charge in [0.1, 0.15) is 0 Å². The first kappa shape index (κ1) is 12.4. The Labute approximate surface area is 105 Å². The maximum Gasteiger partial charge on any atom is 0.0196 e. The zero-order valence-electron chi connectivity index (χ0n) is 10.9. The summed E-state index contributed by atoms with van der Waals surface area (Å²) in [5, 5.41) is 0. The number of hydrogen-bond acceptors (Lipinski definition) is 1. The van der Waals surface area contributed by atoms with E-state index in [-0.39, 0.29) is 0 Å². The quantitative estimate of drug-likeness (QED) is 0.667. The molecule has 1 aliphatic heterocycles. The van der Waals surface area contributed by atoms with Gasteiger partial charge in [0.25, 0.3) is 0 Å². The molecule has 1 heteroatoms. The van der Waals surface area contributed by atoms with Crippen molar-refractivity contribution in [1.82, 2.24) is 4.90 Å². The van der Waals surface area contributed by atoms with Crippen LogP contribution in [0.5, 0.6) is 0 Å². The summed E-state index contributed by atoms with van der Waals surface area (Å²) in [4.78, 5) is 2.55. The summed E-state index contributed by atoms with van der Waals surface area (Å²) in [5.41, 5.74) is 4.20. The highest BCUT2D eigenvalue weighted by Crippen LogP contribution is 2.27. The van der Waals surface area contributed by atoms with Crippen LogP contribution in [0.4, 0.5) is 0 Å². The van der Waals surface area contributed by atoms with Crippen LogP contribution in [-0.2, 0) is 0 Å². The second-order valence-corrected chi connectivity index (χ2v) is 5.33. The lowest BCUT2D eigenvalue weighted by atomic mass is 9.87. The minimum Gasteiger partial charge on any atom is -0.298 e. The van der Waals surface area contributed by atoms with Crippen LogP contribution in [0.15, 0.2) is 48.1 Å². The van der Waals surface area contributed by atoms with Crippen molar-refractivity contribution in [1.29, 1.82) is 0 Å². The minimum absolute atomic E-state index is 0.503. The first-order valence-corrected chi connectivity index (χ1v) is 6.57. The molecule has 0 N–H and O–H groups in total. The SMILES string of the molecule is C=C(C)C1CN(CC2=CC=CCC2)CCC1=C. The number of rotatable bonds is 3. The Balaban J connectivity index is 1.94. The van der Waals surface area contributed by atoms with E-state index in [0.717, 1.165) is 26.1 Å². The van der Waals surface area contributed by atoms with Gasteiger partial charge in [0, 0.05) is 25.6 Å². The van der Waals surface area contributed by atoms with E-state index < -0.39 is 0 Å². The summed E-state index contributed by atoms with van der Waals surface area (Å²) in [7, 11) is 0. The summed E-state index contributed by atoms with van der Waals surface area (Å²) in [6.07, 6.45) is 10.3. The van der Waals surface area contributed by atoms with Gasteiger partial charge in [-0.05, 0) is 26.2 Å². The van der Waals surface area contributed by atoms with Crippen molar-refractivity contribution in [3.63, 3.8) is 0 Å². The molecule has 0 aromatic rings. The van der Waals surface area contributed by atoms with E-state index in [4.69, 9.17) is 0 Å². The molecule has 0 saturated carbocycles. The van der Waals surface area contributed by atoms with Crippen molar-refractivity contribution < 1.29 is 0 Å². The third kappa shape index (κ3) is 3.19. The minimum atomic E-state index is 0.503. The number of hydrogen-bond donors (Lipinski definition) is 0. The molecule has 0 radical (unpaired) electrons. The second kappa shape index (κ2) is 5.50. The van der Waals surface area contributed by atoms with Gasteiger partial charge in [-0.2, -0.15) is 0 Å². The largest absolute Gasteiger partial charge is 0.298 e. The van der Waals surface area contributed by atoms with E-state index >= 15 is 0 Å². The van der Waals surface area contributed by atoms with Gasteiger partial charge in [0.05, 0.1) is 0 Å². The van der Waals surface area contributed by atoms with E-state index in [0.29, 0.717) is 5.92 Å².